The van der Waals surface area contributed by atoms with Crippen molar-refractivity contribution in [2.45, 2.75) is 63.1 Å². The molecule has 2 bridgehead atoms. The number of piperidine rings is 2. The third-order valence-electron chi connectivity index (χ3n) is 4.36. The van der Waals surface area contributed by atoms with Gasteiger partial charge in [0.15, 0.2) is 0 Å². The minimum Gasteiger partial charge on any atom is -0.396 e. The fourth-order valence-corrected chi connectivity index (χ4v) is 3.65. The molecule has 0 aromatic heterocycles. The lowest BCUT2D eigenvalue weighted by atomic mass is 9.78. The van der Waals surface area contributed by atoms with Crippen LogP contribution in [-0.2, 0) is 0 Å². The van der Waals surface area contributed by atoms with Crippen LogP contribution in [-0.4, -0.2) is 34.7 Å². The van der Waals surface area contributed by atoms with E-state index >= 15 is 0 Å². The Morgan fingerprint density at radius 1 is 0.929 bits per heavy atom. The summed E-state index contributed by atoms with van der Waals surface area (Å²) in [5, 5.41) is 9.27. The van der Waals surface area contributed by atoms with E-state index in [9.17, 15) is 5.11 Å². The molecule has 3 rings (SSSR count). The first kappa shape index (κ1) is 9.17. The summed E-state index contributed by atoms with van der Waals surface area (Å²) in [5.41, 5.74) is 0. The second-order valence-electron chi connectivity index (χ2n) is 5.44. The lowest BCUT2D eigenvalue weighted by Crippen LogP contribution is -2.53. The second-order valence-corrected chi connectivity index (χ2v) is 5.44. The Labute approximate surface area is 86.3 Å². The van der Waals surface area contributed by atoms with E-state index in [0.29, 0.717) is 12.5 Å². The molecule has 0 spiro atoms. The predicted octanol–water partition coefficient (Wildman–Crippen LogP) is 1.77. The van der Waals surface area contributed by atoms with Crippen molar-refractivity contribution in [2.24, 2.45) is 5.92 Å². The lowest BCUT2D eigenvalue weighted by Gasteiger charge is -2.49. The maximum Gasteiger partial charge on any atom is 0.0460 e. The van der Waals surface area contributed by atoms with Crippen LogP contribution in [0.25, 0.3) is 0 Å². The van der Waals surface area contributed by atoms with Gasteiger partial charge in [0.25, 0.3) is 0 Å². The molecule has 14 heavy (non-hydrogen) atoms. The van der Waals surface area contributed by atoms with Crippen molar-refractivity contribution < 1.29 is 5.11 Å². The molecule has 0 radical (unpaired) electrons. The van der Waals surface area contributed by atoms with Crippen molar-refractivity contribution in [1.82, 2.24) is 4.90 Å². The topological polar surface area (TPSA) is 23.5 Å². The van der Waals surface area contributed by atoms with Crippen LogP contribution < -0.4 is 0 Å². The van der Waals surface area contributed by atoms with E-state index in [2.05, 4.69) is 4.90 Å². The van der Waals surface area contributed by atoms with Gasteiger partial charge in [-0.3, -0.25) is 4.90 Å². The molecule has 2 nitrogen and oxygen atoms in total. The van der Waals surface area contributed by atoms with E-state index in [1.54, 1.807) is 0 Å². The Morgan fingerprint density at radius 3 is 2.07 bits per heavy atom. The molecule has 1 aliphatic carbocycles. The first-order valence-corrected chi connectivity index (χ1v) is 6.27. The molecular weight excluding hydrogens is 174 g/mol. The van der Waals surface area contributed by atoms with Gasteiger partial charge in [-0.25, -0.2) is 0 Å². The van der Waals surface area contributed by atoms with Crippen molar-refractivity contribution in [1.29, 1.82) is 0 Å². The largest absolute Gasteiger partial charge is 0.396 e. The molecule has 2 heterocycles. The van der Waals surface area contributed by atoms with Crippen LogP contribution in [0, 0.1) is 5.92 Å². The highest BCUT2D eigenvalue weighted by molar-refractivity contribution is 4.99. The molecule has 80 valence electrons. The van der Waals surface area contributed by atoms with E-state index < -0.39 is 0 Å². The molecule has 1 saturated carbocycles. The fraction of sp³-hybridized carbons (Fsp3) is 1.00. The number of nitrogens with zero attached hydrogens (tertiary/aromatic N) is 1. The summed E-state index contributed by atoms with van der Waals surface area (Å²) in [4.78, 5) is 2.82. The van der Waals surface area contributed by atoms with Crippen molar-refractivity contribution in [3.63, 3.8) is 0 Å². The predicted molar refractivity (Wildman–Crippen MR) is 56.1 cm³/mol. The van der Waals surface area contributed by atoms with Crippen LogP contribution in [0.4, 0.5) is 0 Å². The molecule has 0 aromatic rings. The summed E-state index contributed by atoms with van der Waals surface area (Å²) in [5.74, 6) is 0.611. The normalized spacial score (nSPS) is 43.9. The van der Waals surface area contributed by atoms with Gasteiger partial charge in [-0.2, -0.15) is 0 Å². The van der Waals surface area contributed by atoms with E-state index in [0.717, 1.165) is 18.1 Å². The molecule has 1 unspecified atom stereocenters. The Bertz CT molecular complexity index is 200. The maximum absolute atomic E-state index is 9.27. The van der Waals surface area contributed by atoms with Crippen molar-refractivity contribution >= 4 is 0 Å². The Hall–Kier alpha value is -0.0800. The summed E-state index contributed by atoms with van der Waals surface area (Å²) >= 11 is 0. The van der Waals surface area contributed by atoms with Crippen LogP contribution >= 0.6 is 0 Å². The summed E-state index contributed by atoms with van der Waals surface area (Å²) < 4.78 is 0. The molecule has 3 aliphatic rings. The van der Waals surface area contributed by atoms with Gasteiger partial charge in [0.2, 0.25) is 0 Å². The molecule has 3 fully saturated rings. The van der Waals surface area contributed by atoms with Crippen LogP contribution in [0.1, 0.15) is 44.9 Å². The highest BCUT2D eigenvalue weighted by Gasteiger charge is 2.44. The molecule has 2 aliphatic heterocycles. The number of rotatable bonds is 2. The fourth-order valence-electron chi connectivity index (χ4n) is 3.65. The number of hydrogen-bond acceptors (Lipinski definition) is 2. The van der Waals surface area contributed by atoms with Gasteiger partial charge in [0.1, 0.15) is 0 Å². The van der Waals surface area contributed by atoms with Gasteiger partial charge < -0.3 is 5.11 Å². The number of aliphatic hydroxyl groups excluding tert-OH is 1. The zero-order valence-electron chi connectivity index (χ0n) is 8.86. The average Bonchev–Trinajstić information content (AvgIpc) is 2.99. The summed E-state index contributed by atoms with van der Waals surface area (Å²) in [6, 6.07) is 2.59. The minimum absolute atomic E-state index is 0.422. The van der Waals surface area contributed by atoms with Gasteiger partial charge in [0, 0.05) is 24.7 Å². The first-order chi connectivity index (χ1) is 6.88. The highest BCUT2D eigenvalue weighted by Crippen LogP contribution is 2.43. The van der Waals surface area contributed by atoms with Crippen molar-refractivity contribution in [3.05, 3.63) is 0 Å². The molecule has 0 aromatic carbocycles. The minimum atomic E-state index is 0.422. The van der Waals surface area contributed by atoms with Gasteiger partial charge in [-0.05, 0) is 44.4 Å². The Kier molecular flexibility index (Phi) is 2.29. The third kappa shape index (κ3) is 1.49. The zero-order valence-corrected chi connectivity index (χ0v) is 8.86. The Balaban J connectivity index is 1.74. The van der Waals surface area contributed by atoms with Crippen LogP contribution in [0.15, 0.2) is 0 Å². The second kappa shape index (κ2) is 3.49. The van der Waals surface area contributed by atoms with Gasteiger partial charge >= 0.3 is 0 Å². The maximum atomic E-state index is 9.27. The summed E-state index contributed by atoms with van der Waals surface area (Å²) in [6.07, 6.45) is 9.63. The van der Waals surface area contributed by atoms with E-state index in [1.165, 1.54) is 44.9 Å². The van der Waals surface area contributed by atoms with Gasteiger partial charge in [0.05, 0.1) is 0 Å². The van der Waals surface area contributed by atoms with E-state index in [-0.39, 0.29) is 0 Å². The molecular formula is C12H21NO. The zero-order chi connectivity index (χ0) is 9.54. The first-order valence-electron chi connectivity index (χ1n) is 6.27. The average molecular weight is 195 g/mol. The standard InChI is InChI=1S/C12H21NO/c14-8-9-6-11-2-1-3-12(7-9)13(11)10-4-5-10/h9-12,14H,1-8H2/t9?,11-,12+. The Morgan fingerprint density at radius 2 is 1.57 bits per heavy atom. The molecule has 0 amide bonds. The van der Waals surface area contributed by atoms with Crippen LogP contribution in [0.5, 0.6) is 0 Å². The molecule has 2 saturated heterocycles. The summed E-state index contributed by atoms with van der Waals surface area (Å²) in [7, 11) is 0. The summed E-state index contributed by atoms with van der Waals surface area (Å²) in [6.45, 7) is 0.422. The third-order valence-corrected chi connectivity index (χ3v) is 4.36. The van der Waals surface area contributed by atoms with Gasteiger partial charge in [-0.15, -0.1) is 0 Å². The molecule has 1 N–H and O–H groups in total. The SMILES string of the molecule is OCC1C[C@H]2CCC[C@@H](C1)N2C1CC1. The quantitative estimate of drug-likeness (QED) is 0.726. The van der Waals surface area contributed by atoms with Crippen LogP contribution in [0.2, 0.25) is 0 Å². The smallest absolute Gasteiger partial charge is 0.0460 e. The van der Waals surface area contributed by atoms with Crippen molar-refractivity contribution in [2.75, 3.05) is 6.61 Å². The molecule has 3 atom stereocenters. The number of hydrogen-bond donors (Lipinski definition) is 1. The number of fused-ring (bicyclic) bond motifs is 2. The lowest BCUT2D eigenvalue weighted by molar-refractivity contribution is -0.00710. The van der Waals surface area contributed by atoms with E-state index in [1.807, 2.05) is 0 Å². The van der Waals surface area contributed by atoms with Crippen LogP contribution in [0.3, 0.4) is 0 Å². The van der Waals surface area contributed by atoms with E-state index in [4.69, 9.17) is 0 Å². The molecule has 2 heteroatoms. The number of aliphatic hydroxyl groups is 1. The van der Waals surface area contributed by atoms with Crippen molar-refractivity contribution in [3.8, 4) is 0 Å². The van der Waals surface area contributed by atoms with Gasteiger partial charge in [-0.1, -0.05) is 6.42 Å². The highest BCUT2D eigenvalue weighted by atomic mass is 16.3. The monoisotopic (exact) mass is 195 g/mol.